The van der Waals surface area contributed by atoms with Crippen molar-refractivity contribution >= 4 is 11.6 Å². The summed E-state index contributed by atoms with van der Waals surface area (Å²) in [5, 5.41) is 6.22. The van der Waals surface area contributed by atoms with Gasteiger partial charge in [0.15, 0.2) is 0 Å². The van der Waals surface area contributed by atoms with Crippen molar-refractivity contribution in [1.29, 1.82) is 0 Å². The van der Waals surface area contributed by atoms with Crippen molar-refractivity contribution < 1.29 is 4.79 Å². The summed E-state index contributed by atoms with van der Waals surface area (Å²) in [6, 6.07) is 0. The SMILES string of the molecule is C/C=C\C=C(/C)CC(=O)NC1NC=C(C2=CC=CCC2)N=C1C. The molecule has 0 bridgehead atoms. The Morgan fingerprint density at radius 2 is 2.35 bits per heavy atom. The maximum absolute atomic E-state index is 12.1. The molecule has 1 heterocycles. The van der Waals surface area contributed by atoms with Crippen LogP contribution >= 0.6 is 0 Å². The van der Waals surface area contributed by atoms with Crippen LogP contribution in [0.5, 0.6) is 0 Å². The van der Waals surface area contributed by atoms with E-state index in [0.29, 0.717) is 6.42 Å². The summed E-state index contributed by atoms with van der Waals surface area (Å²) >= 11 is 0. The zero-order valence-corrected chi connectivity index (χ0v) is 14.1. The van der Waals surface area contributed by atoms with Gasteiger partial charge in [0, 0.05) is 12.6 Å². The first-order valence-corrected chi connectivity index (χ1v) is 8.05. The zero-order chi connectivity index (χ0) is 16.7. The second kappa shape index (κ2) is 8.32. The van der Waals surface area contributed by atoms with Gasteiger partial charge in [0.1, 0.15) is 6.17 Å². The Morgan fingerprint density at radius 1 is 1.52 bits per heavy atom. The van der Waals surface area contributed by atoms with E-state index in [1.165, 1.54) is 5.57 Å². The fourth-order valence-electron chi connectivity index (χ4n) is 2.48. The fourth-order valence-corrected chi connectivity index (χ4v) is 2.48. The van der Waals surface area contributed by atoms with Crippen LogP contribution in [0.1, 0.15) is 40.0 Å². The molecule has 0 spiro atoms. The standard InChI is InChI=1S/C19H25N3O/c1-4-5-9-14(2)12-18(23)22-19-15(3)21-17(13-20-19)16-10-7-6-8-11-16/h4-7,9-10,13,19-20H,8,11-12H2,1-3H3,(H,22,23)/b5-4-,14-9+. The summed E-state index contributed by atoms with van der Waals surface area (Å²) in [4.78, 5) is 16.7. The molecule has 2 aliphatic rings. The monoisotopic (exact) mass is 311 g/mol. The quantitative estimate of drug-likeness (QED) is 0.763. The van der Waals surface area contributed by atoms with E-state index in [1.54, 1.807) is 0 Å². The van der Waals surface area contributed by atoms with Gasteiger partial charge < -0.3 is 10.6 Å². The molecule has 0 saturated carbocycles. The summed E-state index contributed by atoms with van der Waals surface area (Å²) < 4.78 is 0. The highest BCUT2D eigenvalue weighted by Crippen LogP contribution is 2.22. The predicted octanol–water partition coefficient (Wildman–Crippen LogP) is 3.52. The van der Waals surface area contributed by atoms with E-state index in [1.807, 2.05) is 45.2 Å². The van der Waals surface area contributed by atoms with E-state index in [2.05, 4.69) is 33.9 Å². The van der Waals surface area contributed by atoms with E-state index < -0.39 is 0 Å². The second-order valence-corrected chi connectivity index (χ2v) is 5.82. The number of carbonyl (C=O) groups is 1. The molecule has 1 atom stereocenters. The van der Waals surface area contributed by atoms with Crippen LogP contribution in [0, 0.1) is 0 Å². The predicted molar refractivity (Wildman–Crippen MR) is 95.9 cm³/mol. The molecule has 0 radical (unpaired) electrons. The maximum atomic E-state index is 12.1. The normalized spacial score (nSPS) is 21.4. The van der Waals surface area contributed by atoms with Crippen molar-refractivity contribution in [2.45, 2.75) is 46.2 Å². The lowest BCUT2D eigenvalue weighted by molar-refractivity contribution is -0.120. The number of carbonyl (C=O) groups excluding carboxylic acids is 1. The number of amides is 1. The first kappa shape index (κ1) is 17.0. The molecule has 4 heteroatoms. The molecule has 0 aromatic rings. The second-order valence-electron chi connectivity index (χ2n) is 5.82. The summed E-state index contributed by atoms with van der Waals surface area (Å²) in [7, 11) is 0. The smallest absolute Gasteiger partial charge is 0.225 e. The Hall–Kier alpha value is -2.36. The number of rotatable bonds is 5. The largest absolute Gasteiger partial charge is 0.365 e. The van der Waals surface area contributed by atoms with Crippen molar-refractivity contribution in [3.8, 4) is 0 Å². The van der Waals surface area contributed by atoms with Crippen molar-refractivity contribution in [2.75, 3.05) is 0 Å². The van der Waals surface area contributed by atoms with Gasteiger partial charge in [-0.05, 0) is 39.2 Å². The molecule has 1 aliphatic carbocycles. The molecule has 4 nitrogen and oxygen atoms in total. The lowest BCUT2D eigenvalue weighted by Crippen LogP contribution is -2.49. The highest BCUT2D eigenvalue weighted by atomic mass is 16.1. The summed E-state index contributed by atoms with van der Waals surface area (Å²) in [5.74, 6) is -0.00744. The number of hydrogen-bond acceptors (Lipinski definition) is 3. The Kier molecular flexibility index (Phi) is 6.15. The molecule has 1 unspecified atom stereocenters. The third-order valence-corrected chi connectivity index (χ3v) is 3.76. The minimum atomic E-state index is -0.236. The molecule has 122 valence electrons. The van der Waals surface area contributed by atoms with E-state index in [0.717, 1.165) is 29.8 Å². The molecule has 2 N–H and O–H groups in total. The van der Waals surface area contributed by atoms with Crippen LogP contribution in [0.2, 0.25) is 0 Å². The van der Waals surface area contributed by atoms with E-state index in [9.17, 15) is 4.79 Å². The van der Waals surface area contributed by atoms with Gasteiger partial charge in [-0.2, -0.15) is 0 Å². The highest BCUT2D eigenvalue weighted by molar-refractivity contribution is 5.93. The fraction of sp³-hybridized carbons (Fsp3) is 0.368. The number of nitrogens with zero attached hydrogens (tertiary/aromatic N) is 1. The Balaban J connectivity index is 1.93. The van der Waals surface area contributed by atoms with E-state index in [4.69, 9.17) is 0 Å². The molecule has 1 aliphatic heterocycles. The van der Waals surface area contributed by atoms with Gasteiger partial charge in [-0.1, -0.05) is 42.0 Å². The first-order valence-electron chi connectivity index (χ1n) is 8.05. The van der Waals surface area contributed by atoms with Crippen molar-refractivity contribution in [3.63, 3.8) is 0 Å². The van der Waals surface area contributed by atoms with Gasteiger partial charge in [-0.15, -0.1) is 0 Å². The van der Waals surface area contributed by atoms with Crippen LogP contribution in [0.25, 0.3) is 0 Å². The van der Waals surface area contributed by atoms with Crippen molar-refractivity contribution in [2.24, 2.45) is 4.99 Å². The minimum Gasteiger partial charge on any atom is -0.365 e. The van der Waals surface area contributed by atoms with Crippen LogP contribution in [0.15, 0.2) is 64.5 Å². The Bertz CT molecular complexity index is 633. The van der Waals surface area contributed by atoms with Crippen LogP contribution in [0.4, 0.5) is 0 Å². The van der Waals surface area contributed by atoms with Gasteiger partial charge in [0.25, 0.3) is 0 Å². The molecule has 0 saturated heterocycles. The maximum Gasteiger partial charge on any atom is 0.225 e. The molecule has 1 amide bonds. The van der Waals surface area contributed by atoms with Crippen molar-refractivity contribution in [1.82, 2.24) is 10.6 Å². The summed E-state index contributed by atoms with van der Waals surface area (Å²) in [5.41, 5.74) is 4.10. The Labute approximate surface area is 138 Å². The Morgan fingerprint density at radius 3 is 3.00 bits per heavy atom. The highest BCUT2D eigenvalue weighted by Gasteiger charge is 2.19. The van der Waals surface area contributed by atoms with Gasteiger partial charge >= 0.3 is 0 Å². The molecule has 0 aromatic heterocycles. The zero-order valence-electron chi connectivity index (χ0n) is 14.1. The van der Waals surface area contributed by atoms with Crippen molar-refractivity contribution in [3.05, 3.63) is 59.5 Å². The molecule has 23 heavy (non-hydrogen) atoms. The van der Waals surface area contributed by atoms with Crippen LogP contribution in [0.3, 0.4) is 0 Å². The molecule has 0 aromatic carbocycles. The lowest BCUT2D eigenvalue weighted by atomic mass is 10.0. The molecular formula is C19H25N3O. The van der Waals surface area contributed by atoms with E-state index >= 15 is 0 Å². The van der Waals surface area contributed by atoms with Crippen LogP contribution < -0.4 is 10.6 Å². The van der Waals surface area contributed by atoms with E-state index in [-0.39, 0.29) is 12.1 Å². The third kappa shape index (κ3) is 5.09. The topological polar surface area (TPSA) is 53.5 Å². The van der Waals surface area contributed by atoms with Gasteiger partial charge in [0.2, 0.25) is 5.91 Å². The number of hydrogen-bond donors (Lipinski definition) is 2. The molecule has 0 fully saturated rings. The average Bonchev–Trinajstić information content (AvgIpc) is 2.55. The van der Waals surface area contributed by atoms with Crippen LogP contribution in [-0.2, 0) is 4.79 Å². The summed E-state index contributed by atoms with van der Waals surface area (Å²) in [6.07, 6.45) is 16.3. The molecule has 2 rings (SSSR count). The number of allylic oxidation sites excluding steroid dienone is 7. The first-order chi connectivity index (χ1) is 11.1. The minimum absolute atomic E-state index is 0.00744. The molecular weight excluding hydrogens is 286 g/mol. The van der Waals surface area contributed by atoms with Crippen LogP contribution in [-0.4, -0.2) is 17.8 Å². The van der Waals surface area contributed by atoms with Gasteiger partial charge in [0.05, 0.1) is 11.4 Å². The van der Waals surface area contributed by atoms with Gasteiger partial charge in [-0.3, -0.25) is 9.79 Å². The lowest BCUT2D eigenvalue weighted by Gasteiger charge is -2.24. The number of nitrogens with one attached hydrogen (secondary N) is 2. The van der Waals surface area contributed by atoms with Gasteiger partial charge in [-0.25, -0.2) is 0 Å². The number of aliphatic imine (C=N–C) groups is 1. The summed E-state index contributed by atoms with van der Waals surface area (Å²) in [6.45, 7) is 5.85. The third-order valence-electron chi connectivity index (χ3n) is 3.76. The average molecular weight is 311 g/mol.